The van der Waals surface area contributed by atoms with Gasteiger partial charge in [-0.3, -0.25) is 9.59 Å². The highest BCUT2D eigenvalue weighted by Crippen LogP contribution is 2.26. The maximum Gasteiger partial charge on any atom is 0.348 e. The van der Waals surface area contributed by atoms with Gasteiger partial charge in [-0.1, -0.05) is 28.1 Å². The summed E-state index contributed by atoms with van der Waals surface area (Å²) in [6.07, 6.45) is 0. The molecule has 1 heterocycles. The van der Waals surface area contributed by atoms with Crippen LogP contribution in [0.1, 0.15) is 22.8 Å². The summed E-state index contributed by atoms with van der Waals surface area (Å²) < 4.78 is 11.1. The second kappa shape index (κ2) is 7.88. The van der Waals surface area contributed by atoms with Crippen molar-refractivity contribution >= 4 is 49.7 Å². The maximum atomic E-state index is 12.5. The van der Waals surface area contributed by atoms with E-state index < -0.39 is 10.7 Å². The Morgan fingerprint density at radius 1 is 1.15 bits per heavy atom. The van der Waals surface area contributed by atoms with Crippen LogP contribution in [-0.4, -0.2) is 11.1 Å². The van der Waals surface area contributed by atoms with Crippen LogP contribution in [-0.2, 0) is 16.1 Å². The summed E-state index contributed by atoms with van der Waals surface area (Å²) in [4.78, 5) is 36.3. The van der Waals surface area contributed by atoms with Crippen LogP contribution in [0.3, 0.4) is 0 Å². The van der Waals surface area contributed by atoms with Crippen molar-refractivity contribution in [1.29, 1.82) is 0 Å². The number of ether oxygens (including phenoxy) is 1. The largest absolute Gasteiger partial charge is 0.461 e. The Labute approximate surface area is 161 Å². The lowest BCUT2D eigenvalue weighted by Crippen LogP contribution is -2.11. The lowest BCUT2D eigenvalue weighted by Gasteiger charge is -2.05. The molecule has 0 saturated carbocycles. The quantitative estimate of drug-likeness (QED) is 0.342. The third-order valence-electron chi connectivity index (χ3n) is 3.47. The van der Waals surface area contributed by atoms with Crippen LogP contribution in [0.5, 0.6) is 0 Å². The zero-order chi connectivity index (χ0) is 18.7. The van der Waals surface area contributed by atoms with Crippen molar-refractivity contribution < 1.29 is 18.7 Å². The Kier molecular flexibility index (Phi) is 5.58. The lowest BCUT2D eigenvalue weighted by atomic mass is 10.1. The van der Waals surface area contributed by atoms with Crippen molar-refractivity contribution in [3.05, 3.63) is 74.6 Å². The highest BCUT2D eigenvalue weighted by Gasteiger charge is 2.16. The first-order chi connectivity index (χ1) is 12.4. The summed E-state index contributed by atoms with van der Waals surface area (Å²) in [5.41, 5.74) is 0.384. The smallest absolute Gasteiger partial charge is 0.348 e. The topological polar surface area (TPSA) is 73.6 Å². The van der Waals surface area contributed by atoms with Gasteiger partial charge in [0.15, 0.2) is 0 Å². The fraction of sp³-hybridized carbons (Fsp3) is 0.105. The van der Waals surface area contributed by atoms with E-state index in [1.54, 1.807) is 30.3 Å². The molecule has 0 aliphatic rings. The molecule has 132 valence electrons. The van der Waals surface area contributed by atoms with Crippen LogP contribution in [0.2, 0.25) is 0 Å². The molecule has 26 heavy (non-hydrogen) atoms. The van der Waals surface area contributed by atoms with Crippen molar-refractivity contribution in [3.63, 3.8) is 0 Å². The van der Waals surface area contributed by atoms with E-state index in [1.807, 2.05) is 12.1 Å². The molecule has 0 N–H and O–H groups in total. The number of esters is 1. The minimum absolute atomic E-state index is 0.0351. The number of fused-ring (bicyclic) bond motifs is 1. The van der Waals surface area contributed by atoms with Gasteiger partial charge >= 0.3 is 11.6 Å². The summed E-state index contributed by atoms with van der Waals surface area (Å²) in [6, 6.07) is 13.8. The number of hydrogen-bond acceptors (Lipinski definition) is 6. The van der Waals surface area contributed by atoms with E-state index in [9.17, 15) is 14.4 Å². The van der Waals surface area contributed by atoms with Crippen molar-refractivity contribution in [2.24, 2.45) is 0 Å². The van der Waals surface area contributed by atoms with E-state index in [-0.39, 0.29) is 18.1 Å². The molecule has 0 fully saturated rings. The predicted octanol–water partition coefficient (Wildman–Crippen LogP) is 4.55. The van der Waals surface area contributed by atoms with Crippen molar-refractivity contribution in [1.82, 2.24) is 0 Å². The number of rotatable bonds is 4. The van der Waals surface area contributed by atoms with E-state index in [0.29, 0.717) is 15.9 Å². The molecule has 0 aliphatic carbocycles. The summed E-state index contributed by atoms with van der Waals surface area (Å²) in [6.45, 7) is 1.44. The van der Waals surface area contributed by atoms with Crippen molar-refractivity contribution in [2.75, 3.05) is 0 Å². The minimum atomic E-state index is -0.683. The van der Waals surface area contributed by atoms with Crippen LogP contribution in [0.4, 0.5) is 0 Å². The molecule has 0 spiro atoms. The molecule has 3 aromatic rings. The van der Waals surface area contributed by atoms with Gasteiger partial charge in [-0.25, -0.2) is 4.79 Å². The molecule has 0 amide bonds. The van der Waals surface area contributed by atoms with Crippen LogP contribution >= 0.6 is 27.7 Å². The van der Waals surface area contributed by atoms with E-state index in [0.717, 1.165) is 21.8 Å². The molecular weight excluding hydrogens is 420 g/mol. The SMILES string of the molecule is CC(=O)OCc1ccc2oc(=O)c(C(=O)Sc3cccc(Br)c3)cc2c1. The fourth-order valence-electron chi connectivity index (χ4n) is 2.28. The number of benzene rings is 2. The zero-order valence-corrected chi connectivity index (χ0v) is 16.1. The monoisotopic (exact) mass is 432 g/mol. The first kappa shape index (κ1) is 18.4. The van der Waals surface area contributed by atoms with Gasteiger partial charge in [-0.2, -0.15) is 0 Å². The van der Waals surface area contributed by atoms with Crippen molar-refractivity contribution in [2.45, 2.75) is 18.4 Å². The van der Waals surface area contributed by atoms with Crippen LogP contribution < -0.4 is 5.63 Å². The van der Waals surface area contributed by atoms with Gasteiger partial charge in [0.2, 0.25) is 5.12 Å². The number of thioether (sulfide) groups is 1. The second-order valence-corrected chi connectivity index (χ2v) is 7.41. The van der Waals surface area contributed by atoms with Gasteiger partial charge in [-0.05, 0) is 53.7 Å². The first-order valence-electron chi connectivity index (χ1n) is 7.60. The average molecular weight is 433 g/mol. The Bertz CT molecular complexity index is 1060. The molecule has 0 saturated heterocycles. The maximum absolute atomic E-state index is 12.5. The Hall–Kier alpha value is -2.38. The molecule has 0 atom stereocenters. The van der Waals surface area contributed by atoms with Gasteiger partial charge in [0, 0.05) is 21.7 Å². The Morgan fingerprint density at radius 3 is 2.69 bits per heavy atom. The van der Waals surface area contributed by atoms with Gasteiger partial charge in [0.05, 0.1) is 0 Å². The minimum Gasteiger partial charge on any atom is -0.461 e. The van der Waals surface area contributed by atoms with E-state index in [2.05, 4.69) is 15.9 Å². The summed E-state index contributed by atoms with van der Waals surface area (Å²) in [5, 5.41) is 0.191. The molecule has 0 unspecified atom stereocenters. The molecule has 0 bridgehead atoms. The van der Waals surface area contributed by atoms with Gasteiger partial charge in [0.1, 0.15) is 17.8 Å². The molecule has 1 aromatic heterocycles. The molecule has 7 heteroatoms. The standard InChI is InChI=1S/C19H13BrO5S/c1-11(21)24-10-12-5-6-17-13(7-12)8-16(18(22)25-17)19(23)26-15-4-2-3-14(20)9-15/h2-9H,10H2,1H3. The second-order valence-electron chi connectivity index (χ2n) is 5.45. The first-order valence-corrected chi connectivity index (χ1v) is 9.21. The number of halogens is 1. The summed E-state index contributed by atoms with van der Waals surface area (Å²) >= 11 is 4.30. The normalized spacial score (nSPS) is 10.7. The average Bonchev–Trinajstić information content (AvgIpc) is 2.59. The van der Waals surface area contributed by atoms with Crippen LogP contribution in [0.25, 0.3) is 11.0 Å². The lowest BCUT2D eigenvalue weighted by molar-refractivity contribution is -0.142. The van der Waals surface area contributed by atoms with Gasteiger partial charge < -0.3 is 9.15 Å². The van der Waals surface area contributed by atoms with Crippen LogP contribution in [0, 0.1) is 0 Å². The Balaban J connectivity index is 1.91. The van der Waals surface area contributed by atoms with E-state index in [4.69, 9.17) is 9.15 Å². The molecule has 2 aromatic carbocycles. The summed E-state index contributed by atoms with van der Waals surface area (Å²) in [7, 11) is 0. The Morgan fingerprint density at radius 2 is 1.96 bits per heavy atom. The highest BCUT2D eigenvalue weighted by atomic mass is 79.9. The molecule has 0 aliphatic heterocycles. The molecular formula is C19H13BrO5S. The molecule has 5 nitrogen and oxygen atoms in total. The molecule has 0 radical (unpaired) electrons. The van der Waals surface area contributed by atoms with Crippen LogP contribution in [0.15, 0.2) is 67.1 Å². The third kappa shape index (κ3) is 4.42. The highest BCUT2D eigenvalue weighted by molar-refractivity contribution is 9.10. The number of hydrogen-bond donors (Lipinski definition) is 0. The van der Waals surface area contributed by atoms with Crippen molar-refractivity contribution in [3.8, 4) is 0 Å². The van der Waals surface area contributed by atoms with Gasteiger partial charge in [0.25, 0.3) is 0 Å². The predicted molar refractivity (Wildman–Crippen MR) is 102 cm³/mol. The number of carbonyl (C=O) groups is 2. The summed E-state index contributed by atoms with van der Waals surface area (Å²) in [5.74, 6) is -0.383. The van der Waals surface area contributed by atoms with E-state index in [1.165, 1.54) is 13.0 Å². The van der Waals surface area contributed by atoms with Gasteiger partial charge in [-0.15, -0.1) is 0 Å². The fourth-order valence-corrected chi connectivity index (χ4v) is 3.63. The third-order valence-corrected chi connectivity index (χ3v) is 4.85. The van der Waals surface area contributed by atoms with E-state index >= 15 is 0 Å². The number of carbonyl (C=O) groups excluding carboxylic acids is 2. The molecule has 3 rings (SSSR count). The zero-order valence-electron chi connectivity index (χ0n) is 13.7.